The van der Waals surface area contributed by atoms with Crippen molar-refractivity contribution in [2.24, 2.45) is 5.92 Å². The number of hydrogen-bond donors (Lipinski definition) is 2. The summed E-state index contributed by atoms with van der Waals surface area (Å²) >= 11 is 0. The van der Waals surface area contributed by atoms with Crippen molar-refractivity contribution in [1.82, 2.24) is 4.98 Å². The van der Waals surface area contributed by atoms with Crippen molar-refractivity contribution in [3.63, 3.8) is 0 Å². The van der Waals surface area contributed by atoms with E-state index in [0.717, 1.165) is 11.4 Å². The Bertz CT molecular complexity index is 980. The fraction of sp³-hybridized carbons (Fsp3) is 0.250. The summed E-state index contributed by atoms with van der Waals surface area (Å²) in [5, 5.41) is 2.83. The first kappa shape index (κ1) is 20.4. The third-order valence-corrected chi connectivity index (χ3v) is 5.06. The van der Waals surface area contributed by atoms with Crippen LogP contribution in [0.2, 0.25) is 0 Å². The summed E-state index contributed by atoms with van der Waals surface area (Å²) in [6.45, 7) is 8.50. The Morgan fingerprint density at radius 2 is 1.52 bits per heavy atom. The van der Waals surface area contributed by atoms with Crippen molar-refractivity contribution in [3.8, 4) is 11.5 Å². The molecule has 1 aromatic heterocycles. The van der Waals surface area contributed by atoms with Gasteiger partial charge >= 0.3 is 0 Å². The van der Waals surface area contributed by atoms with Crippen molar-refractivity contribution in [2.75, 3.05) is 11.1 Å². The molecule has 1 amide bonds. The predicted octanol–water partition coefficient (Wildman–Crippen LogP) is 5.78. The number of nitrogens with two attached hydrogens (primary N) is 1. The molecular formula is C24H27N3O2. The molecule has 0 saturated heterocycles. The zero-order valence-corrected chi connectivity index (χ0v) is 17.3. The molecule has 0 spiro atoms. The maximum absolute atomic E-state index is 12.4. The van der Waals surface area contributed by atoms with Gasteiger partial charge in [-0.2, -0.15) is 0 Å². The molecule has 0 fully saturated rings. The molecule has 2 aromatic carbocycles. The minimum Gasteiger partial charge on any atom is -0.457 e. The largest absolute Gasteiger partial charge is 0.457 e. The van der Waals surface area contributed by atoms with Gasteiger partial charge in [0.15, 0.2) is 0 Å². The van der Waals surface area contributed by atoms with Gasteiger partial charge in [0.2, 0.25) is 0 Å². The summed E-state index contributed by atoms with van der Waals surface area (Å²) in [5.74, 6) is 2.50. The van der Waals surface area contributed by atoms with Gasteiger partial charge in [0.25, 0.3) is 5.91 Å². The lowest BCUT2D eigenvalue weighted by molar-refractivity contribution is 0.102. The molecule has 0 saturated carbocycles. The molecule has 0 aliphatic carbocycles. The summed E-state index contributed by atoms with van der Waals surface area (Å²) in [5.41, 5.74) is 8.92. The Labute approximate surface area is 171 Å². The van der Waals surface area contributed by atoms with Gasteiger partial charge in [-0.1, -0.05) is 32.9 Å². The second-order valence-corrected chi connectivity index (χ2v) is 7.57. The van der Waals surface area contributed by atoms with Crippen LogP contribution in [0.5, 0.6) is 11.5 Å². The van der Waals surface area contributed by atoms with Crippen LogP contribution in [0.1, 0.15) is 48.3 Å². The van der Waals surface area contributed by atoms with Gasteiger partial charge in [0.1, 0.15) is 17.3 Å². The third kappa shape index (κ3) is 5.13. The number of carbonyl (C=O) groups excluding carboxylic acids is 1. The number of hydrogen-bond acceptors (Lipinski definition) is 4. The van der Waals surface area contributed by atoms with E-state index in [0.29, 0.717) is 28.8 Å². The van der Waals surface area contributed by atoms with Gasteiger partial charge < -0.3 is 15.8 Å². The van der Waals surface area contributed by atoms with Crippen molar-refractivity contribution in [1.29, 1.82) is 0 Å². The number of nitrogens with zero attached hydrogens (tertiary/aromatic N) is 1. The number of rotatable bonds is 6. The Balaban J connectivity index is 1.63. The summed E-state index contributed by atoms with van der Waals surface area (Å²) in [6, 6.07) is 18.8. The lowest BCUT2D eigenvalue weighted by Crippen LogP contribution is -2.15. The summed E-state index contributed by atoms with van der Waals surface area (Å²) < 4.78 is 5.91. The molecule has 3 N–H and O–H groups in total. The molecule has 0 radical (unpaired) electrons. The number of aryl methyl sites for hydroxylation is 1. The van der Waals surface area contributed by atoms with Crippen LogP contribution in [0.15, 0.2) is 60.7 Å². The number of nitrogen functional groups attached to an aromatic ring is 1. The topological polar surface area (TPSA) is 77.2 Å². The molecule has 0 aliphatic rings. The fourth-order valence-corrected chi connectivity index (χ4v) is 2.93. The maximum Gasteiger partial charge on any atom is 0.259 e. The molecular weight excluding hydrogens is 362 g/mol. The van der Waals surface area contributed by atoms with Crippen molar-refractivity contribution in [2.45, 2.75) is 33.6 Å². The van der Waals surface area contributed by atoms with Crippen LogP contribution in [-0.2, 0) is 0 Å². The van der Waals surface area contributed by atoms with Gasteiger partial charge in [0, 0.05) is 11.4 Å². The minimum absolute atomic E-state index is 0.220. The smallest absolute Gasteiger partial charge is 0.259 e. The molecule has 0 aliphatic heterocycles. The van der Waals surface area contributed by atoms with Crippen LogP contribution in [0, 0.1) is 12.8 Å². The number of ether oxygens (including phenoxy) is 1. The molecule has 1 unspecified atom stereocenters. The standard InChI is InChI=1S/C24H27N3O2/c1-15(2)17(4)18-6-10-20(11-7-18)29-21-12-8-19(9-13-21)27-24(28)22-14-5-16(3)26-23(22)25/h5-15,17H,1-4H3,(H2,25,26)(H,27,28). The molecule has 1 heterocycles. The molecule has 150 valence electrons. The minimum atomic E-state index is -0.293. The van der Waals surface area contributed by atoms with Crippen molar-refractivity contribution < 1.29 is 9.53 Å². The Morgan fingerprint density at radius 3 is 2.07 bits per heavy atom. The average molecular weight is 389 g/mol. The maximum atomic E-state index is 12.4. The van der Waals surface area contributed by atoms with E-state index in [9.17, 15) is 4.79 Å². The Morgan fingerprint density at radius 1 is 0.931 bits per heavy atom. The van der Waals surface area contributed by atoms with Gasteiger partial charge in [-0.15, -0.1) is 0 Å². The van der Waals surface area contributed by atoms with Gasteiger partial charge in [-0.25, -0.2) is 4.98 Å². The monoisotopic (exact) mass is 389 g/mol. The Hall–Kier alpha value is -3.34. The first-order chi connectivity index (χ1) is 13.8. The summed E-state index contributed by atoms with van der Waals surface area (Å²) in [6.07, 6.45) is 0. The number of amides is 1. The van der Waals surface area contributed by atoms with Gasteiger partial charge in [0.05, 0.1) is 5.56 Å². The van der Waals surface area contributed by atoms with Crippen LogP contribution >= 0.6 is 0 Å². The molecule has 1 atom stereocenters. The fourth-order valence-electron chi connectivity index (χ4n) is 2.93. The van der Waals surface area contributed by atoms with Crippen LogP contribution in [0.4, 0.5) is 11.5 Å². The van der Waals surface area contributed by atoms with E-state index in [1.54, 1.807) is 24.3 Å². The third-order valence-electron chi connectivity index (χ3n) is 5.06. The zero-order chi connectivity index (χ0) is 21.0. The Kier molecular flexibility index (Phi) is 6.17. The van der Waals surface area contributed by atoms with E-state index in [-0.39, 0.29) is 11.7 Å². The number of anilines is 2. The number of benzene rings is 2. The van der Waals surface area contributed by atoms with E-state index in [1.165, 1.54) is 5.56 Å². The normalized spacial score (nSPS) is 11.9. The highest BCUT2D eigenvalue weighted by molar-refractivity contribution is 6.07. The van der Waals surface area contributed by atoms with Gasteiger partial charge in [-0.3, -0.25) is 4.79 Å². The molecule has 3 aromatic rings. The van der Waals surface area contributed by atoms with Crippen LogP contribution < -0.4 is 15.8 Å². The predicted molar refractivity (Wildman–Crippen MR) is 118 cm³/mol. The second kappa shape index (κ2) is 8.78. The number of nitrogens with one attached hydrogen (secondary N) is 1. The van der Waals surface area contributed by atoms with Gasteiger partial charge in [-0.05, 0) is 72.9 Å². The molecule has 0 bridgehead atoms. The van der Waals surface area contributed by atoms with E-state index in [4.69, 9.17) is 10.5 Å². The quantitative estimate of drug-likeness (QED) is 0.560. The molecule has 3 rings (SSSR count). The highest BCUT2D eigenvalue weighted by Gasteiger charge is 2.12. The highest BCUT2D eigenvalue weighted by atomic mass is 16.5. The first-order valence-electron chi connectivity index (χ1n) is 9.76. The van der Waals surface area contributed by atoms with Crippen LogP contribution in [0.3, 0.4) is 0 Å². The number of aromatic nitrogens is 1. The van der Waals surface area contributed by atoms with Crippen molar-refractivity contribution >= 4 is 17.4 Å². The first-order valence-corrected chi connectivity index (χ1v) is 9.76. The lowest BCUT2D eigenvalue weighted by Gasteiger charge is -2.16. The van der Waals surface area contributed by atoms with E-state index >= 15 is 0 Å². The molecule has 5 heteroatoms. The summed E-state index contributed by atoms with van der Waals surface area (Å²) in [4.78, 5) is 16.5. The van der Waals surface area contributed by atoms with E-state index in [1.807, 2.05) is 31.2 Å². The molecule has 5 nitrogen and oxygen atoms in total. The molecule has 29 heavy (non-hydrogen) atoms. The van der Waals surface area contributed by atoms with E-state index < -0.39 is 0 Å². The van der Waals surface area contributed by atoms with Crippen molar-refractivity contribution in [3.05, 3.63) is 77.5 Å². The SMILES string of the molecule is Cc1ccc(C(=O)Nc2ccc(Oc3ccc(C(C)C(C)C)cc3)cc2)c(N)n1. The highest BCUT2D eigenvalue weighted by Crippen LogP contribution is 2.28. The lowest BCUT2D eigenvalue weighted by atomic mass is 9.90. The number of carbonyl (C=O) groups is 1. The zero-order valence-electron chi connectivity index (χ0n) is 17.3. The number of pyridine rings is 1. The van der Waals surface area contributed by atoms with Crippen LogP contribution in [0.25, 0.3) is 0 Å². The summed E-state index contributed by atoms with van der Waals surface area (Å²) in [7, 11) is 0. The average Bonchev–Trinajstić information content (AvgIpc) is 2.69. The van der Waals surface area contributed by atoms with E-state index in [2.05, 4.69) is 43.2 Å². The van der Waals surface area contributed by atoms with Crippen LogP contribution in [-0.4, -0.2) is 10.9 Å². The second-order valence-electron chi connectivity index (χ2n) is 7.57.